The van der Waals surface area contributed by atoms with Gasteiger partial charge in [0.1, 0.15) is 6.61 Å². The van der Waals surface area contributed by atoms with E-state index in [9.17, 15) is 0 Å². The highest BCUT2D eigenvalue weighted by Crippen LogP contribution is 2.36. The molecule has 0 atom stereocenters. The van der Waals surface area contributed by atoms with E-state index in [4.69, 9.17) is 14.6 Å². The molecule has 1 rings (SSSR count). The van der Waals surface area contributed by atoms with Gasteiger partial charge in [-0.1, -0.05) is 6.92 Å². The Balaban J connectivity index is 2.86. The van der Waals surface area contributed by atoms with E-state index in [1.807, 2.05) is 19.1 Å². The van der Waals surface area contributed by atoms with Crippen LogP contribution in [-0.2, 0) is 6.54 Å². The molecule has 0 radical (unpaired) electrons. The van der Waals surface area contributed by atoms with Gasteiger partial charge in [0.25, 0.3) is 0 Å². The predicted molar refractivity (Wildman–Crippen MR) is 79.9 cm³/mol. The molecular formula is C14H22BrNO3. The van der Waals surface area contributed by atoms with Crippen molar-refractivity contribution in [2.45, 2.75) is 26.8 Å². The zero-order valence-corrected chi connectivity index (χ0v) is 13.1. The number of aliphatic hydroxyl groups is 1. The summed E-state index contributed by atoms with van der Waals surface area (Å²) in [6.45, 7) is 6.68. The molecule has 0 fully saturated rings. The van der Waals surface area contributed by atoms with Crippen LogP contribution in [0.15, 0.2) is 16.6 Å². The minimum Gasteiger partial charge on any atom is -0.490 e. The van der Waals surface area contributed by atoms with Gasteiger partial charge in [-0.15, -0.1) is 0 Å². The van der Waals surface area contributed by atoms with E-state index in [1.165, 1.54) is 0 Å². The first-order valence-corrected chi connectivity index (χ1v) is 7.41. The van der Waals surface area contributed by atoms with Gasteiger partial charge in [-0.3, -0.25) is 0 Å². The van der Waals surface area contributed by atoms with Crippen LogP contribution in [0.2, 0.25) is 0 Å². The quantitative estimate of drug-likeness (QED) is 0.683. The Kier molecular flexibility index (Phi) is 7.86. The SMILES string of the molecule is CCCNCc1cc(Br)c(OCCO)c(OCC)c1. The lowest BCUT2D eigenvalue weighted by molar-refractivity contribution is 0.193. The molecule has 0 saturated heterocycles. The number of rotatable bonds is 9. The molecule has 0 aromatic heterocycles. The third-order valence-electron chi connectivity index (χ3n) is 2.46. The van der Waals surface area contributed by atoms with Crippen molar-refractivity contribution in [2.75, 3.05) is 26.4 Å². The maximum absolute atomic E-state index is 8.85. The van der Waals surface area contributed by atoms with Gasteiger partial charge in [0.2, 0.25) is 0 Å². The highest BCUT2D eigenvalue weighted by molar-refractivity contribution is 9.10. The third kappa shape index (κ3) is 5.38. The van der Waals surface area contributed by atoms with E-state index in [0.717, 1.165) is 29.5 Å². The summed E-state index contributed by atoms with van der Waals surface area (Å²) < 4.78 is 12.0. The van der Waals surface area contributed by atoms with Crippen LogP contribution in [0.5, 0.6) is 11.5 Å². The van der Waals surface area contributed by atoms with Gasteiger partial charge < -0.3 is 19.9 Å². The van der Waals surface area contributed by atoms with Crippen molar-refractivity contribution in [2.24, 2.45) is 0 Å². The van der Waals surface area contributed by atoms with Crippen molar-refractivity contribution in [3.05, 3.63) is 22.2 Å². The summed E-state index contributed by atoms with van der Waals surface area (Å²) in [6.07, 6.45) is 1.11. The molecule has 0 spiro atoms. The normalized spacial score (nSPS) is 10.5. The molecule has 19 heavy (non-hydrogen) atoms. The molecule has 0 aliphatic rings. The Morgan fingerprint density at radius 2 is 2.05 bits per heavy atom. The van der Waals surface area contributed by atoms with Gasteiger partial charge in [-0.25, -0.2) is 0 Å². The Morgan fingerprint density at radius 3 is 2.68 bits per heavy atom. The molecule has 1 aromatic carbocycles. The molecule has 0 unspecified atom stereocenters. The summed E-state index contributed by atoms with van der Waals surface area (Å²) in [4.78, 5) is 0. The number of ether oxygens (including phenoxy) is 2. The number of hydrogen-bond donors (Lipinski definition) is 2. The Bertz CT molecular complexity index is 385. The summed E-state index contributed by atoms with van der Waals surface area (Å²) >= 11 is 3.49. The number of hydrogen-bond acceptors (Lipinski definition) is 4. The van der Waals surface area contributed by atoms with Crippen LogP contribution in [0.4, 0.5) is 0 Å². The molecule has 0 heterocycles. The zero-order valence-electron chi connectivity index (χ0n) is 11.5. The summed E-state index contributed by atoms with van der Waals surface area (Å²) in [5, 5.41) is 12.2. The molecule has 1 aromatic rings. The van der Waals surface area contributed by atoms with Crippen molar-refractivity contribution >= 4 is 15.9 Å². The van der Waals surface area contributed by atoms with Gasteiger partial charge in [0.05, 0.1) is 17.7 Å². The fourth-order valence-corrected chi connectivity index (χ4v) is 2.29. The molecule has 108 valence electrons. The van der Waals surface area contributed by atoms with Crippen LogP contribution >= 0.6 is 15.9 Å². The Hall–Kier alpha value is -0.780. The van der Waals surface area contributed by atoms with E-state index < -0.39 is 0 Å². The molecule has 5 heteroatoms. The van der Waals surface area contributed by atoms with Crippen LogP contribution in [0.3, 0.4) is 0 Å². The molecule has 0 aliphatic carbocycles. The number of halogens is 1. The highest BCUT2D eigenvalue weighted by Gasteiger charge is 2.12. The Labute approximate surface area is 123 Å². The lowest BCUT2D eigenvalue weighted by Crippen LogP contribution is -2.14. The number of nitrogens with one attached hydrogen (secondary N) is 1. The van der Waals surface area contributed by atoms with E-state index in [2.05, 4.69) is 28.2 Å². The largest absolute Gasteiger partial charge is 0.490 e. The van der Waals surface area contributed by atoms with Gasteiger partial charge in [-0.2, -0.15) is 0 Å². The molecule has 0 amide bonds. The monoisotopic (exact) mass is 331 g/mol. The van der Waals surface area contributed by atoms with Gasteiger partial charge in [-0.05, 0) is 53.5 Å². The standard InChI is InChI=1S/C14H22BrNO3/c1-3-5-16-10-11-8-12(15)14(19-7-6-17)13(9-11)18-4-2/h8-9,16-17H,3-7,10H2,1-2H3. The highest BCUT2D eigenvalue weighted by atomic mass is 79.9. The first kappa shape index (κ1) is 16.3. The lowest BCUT2D eigenvalue weighted by Gasteiger charge is -2.15. The van der Waals surface area contributed by atoms with Gasteiger partial charge in [0.15, 0.2) is 11.5 Å². The topological polar surface area (TPSA) is 50.7 Å². The summed E-state index contributed by atoms with van der Waals surface area (Å²) in [6, 6.07) is 3.99. The van der Waals surface area contributed by atoms with Crippen LogP contribution in [0.25, 0.3) is 0 Å². The van der Waals surface area contributed by atoms with Crippen LogP contribution < -0.4 is 14.8 Å². The number of benzene rings is 1. The van der Waals surface area contributed by atoms with Crippen molar-refractivity contribution in [3.8, 4) is 11.5 Å². The van der Waals surface area contributed by atoms with Crippen molar-refractivity contribution in [1.29, 1.82) is 0 Å². The van der Waals surface area contributed by atoms with Crippen LogP contribution in [-0.4, -0.2) is 31.5 Å². The fourth-order valence-electron chi connectivity index (χ4n) is 1.68. The Morgan fingerprint density at radius 1 is 1.26 bits per heavy atom. The smallest absolute Gasteiger partial charge is 0.175 e. The predicted octanol–water partition coefficient (Wildman–Crippen LogP) is 2.72. The second-order valence-electron chi connectivity index (χ2n) is 4.09. The molecule has 0 aliphatic heterocycles. The van der Waals surface area contributed by atoms with Crippen molar-refractivity contribution in [1.82, 2.24) is 5.32 Å². The first-order chi connectivity index (χ1) is 9.22. The van der Waals surface area contributed by atoms with E-state index in [-0.39, 0.29) is 13.2 Å². The summed E-state index contributed by atoms with van der Waals surface area (Å²) in [5.41, 5.74) is 1.14. The summed E-state index contributed by atoms with van der Waals surface area (Å²) in [7, 11) is 0. The third-order valence-corrected chi connectivity index (χ3v) is 3.05. The second kappa shape index (κ2) is 9.18. The molecule has 2 N–H and O–H groups in total. The number of aliphatic hydroxyl groups excluding tert-OH is 1. The average Bonchev–Trinajstić information content (AvgIpc) is 2.38. The van der Waals surface area contributed by atoms with Crippen LogP contribution in [0.1, 0.15) is 25.8 Å². The maximum Gasteiger partial charge on any atom is 0.175 e. The molecule has 0 saturated carbocycles. The van der Waals surface area contributed by atoms with Crippen molar-refractivity contribution in [3.63, 3.8) is 0 Å². The molecular weight excluding hydrogens is 310 g/mol. The lowest BCUT2D eigenvalue weighted by atomic mass is 10.2. The maximum atomic E-state index is 8.85. The van der Waals surface area contributed by atoms with E-state index >= 15 is 0 Å². The summed E-state index contributed by atoms with van der Waals surface area (Å²) in [5.74, 6) is 1.36. The molecule has 4 nitrogen and oxygen atoms in total. The van der Waals surface area contributed by atoms with Crippen LogP contribution in [0, 0.1) is 0 Å². The average molecular weight is 332 g/mol. The zero-order chi connectivity index (χ0) is 14.1. The fraction of sp³-hybridized carbons (Fsp3) is 0.571. The van der Waals surface area contributed by atoms with Gasteiger partial charge >= 0.3 is 0 Å². The second-order valence-corrected chi connectivity index (χ2v) is 4.94. The molecule has 0 bridgehead atoms. The van der Waals surface area contributed by atoms with Gasteiger partial charge in [0, 0.05) is 6.54 Å². The van der Waals surface area contributed by atoms with Crippen molar-refractivity contribution < 1.29 is 14.6 Å². The van der Waals surface area contributed by atoms with E-state index in [0.29, 0.717) is 18.1 Å². The van der Waals surface area contributed by atoms with E-state index in [1.54, 1.807) is 0 Å². The minimum atomic E-state index is -0.0161. The first-order valence-electron chi connectivity index (χ1n) is 6.62. The minimum absolute atomic E-state index is 0.0161.